The van der Waals surface area contributed by atoms with Gasteiger partial charge in [0, 0.05) is 20.5 Å². The lowest BCUT2D eigenvalue weighted by molar-refractivity contribution is 0.865. The lowest BCUT2D eigenvalue weighted by Crippen LogP contribution is -2.03. The van der Waals surface area contributed by atoms with Crippen LogP contribution >= 0.6 is 0 Å². The first-order valence-corrected chi connectivity index (χ1v) is 3.38. The average molecular weight is 122 g/mol. The van der Waals surface area contributed by atoms with Crippen molar-refractivity contribution in [3.63, 3.8) is 0 Å². The predicted octanol–water partition coefficient (Wildman–Crippen LogP) is 0.790. The van der Waals surface area contributed by atoms with Gasteiger partial charge in [-0.3, -0.25) is 0 Å². The predicted molar refractivity (Wildman–Crippen MR) is 32.6 cm³/mol. The molecule has 0 fully saturated rings. The molecule has 0 aromatic rings. The van der Waals surface area contributed by atoms with Gasteiger partial charge >= 0.3 is 0 Å². The van der Waals surface area contributed by atoms with Gasteiger partial charge in [0.25, 0.3) is 0 Å². The van der Waals surface area contributed by atoms with E-state index in [1.54, 1.807) is 0 Å². The maximum atomic E-state index is 3.52. The SMILES string of the molecule is [Si]C1([Si])C=CCC1. The highest BCUT2D eigenvalue weighted by Gasteiger charge is 2.16. The Morgan fingerprint density at radius 3 is 2.29 bits per heavy atom. The molecule has 0 saturated carbocycles. The fourth-order valence-electron chi connectivity index (χ4n) is 0.679. The summed E-state index contributed by atoms with van der Waals surface area (Å²) in [5.74, 6) is 0. The Labute approximate surface area is 50.8 Å². The van der Waals surface area contributed by atoms with Crippen LogP contribution < -0.4 is 0 Å². The van der Waals surface area contributed by atoms with Crippen LogP contribution in [-0.2, 0) is 0 Å². The van der Waals surface area contributed by atoms with E-state index in [1.807, 2.05) is 0 Å². The molecule has 0 aromatic heterocycles. The summed E-state index contributed by atoms with van der Waals surface area (Å²) in [6.07, 6.45) is 6.65. The van der Waals surface area contributed by atoms with Gasteiger partial charge in [-0.2, -0.15) is 0 Å². The van der Waals surface area contributed by atoms with E-state index >= 15 is 0 Å². The molecule has 0 heterocycles. The van der Waals surface area contributed by atoms with Gasteiger partial charge in [0.2, 0.25) is 0 Å². The van der Waals surface area contributed by atoms with Crippen LogP contribution in [0.4, 0.5) is 0 Å². The Morgan fingerprint density at radius 2 is 2.14 bits per heavy atom. The summed E-state index contributed by atoms with van der Waals surface area (Å²) < 4.78 is 0.125. The Kier molecular flexibility index (Phi) is 1.21. The van der Waals surface area contributed by atoms with E-state index in [2.05, 4.69) is 32.6 Å². The van der Waals surface area contributed by atoms with Crippen LogP contribution in [0.2, 0.25) is 4.66 Å². The summed E-state index contributed by atoms with van der Waals surface area (Å²) in [5.41, 5.74) is 0. The van der Waals surface area contributed by atoms with Crippen LogP contribution in [0.5, 0.6) is 0 Å². The topological polar surface area (TPSA) is 0 Å². The van der Waals surface area contributed by atoms with Gasteiger partial charge in [-0.25, -0.2) is 0 Å². The van der Waals surface area contributed by atoms with Gasteiger partial charge < -0.3 is 0 Å². The fraction of sp³-hybridized carbons (Fsp3) is 0.600. The van der Waals surface area contributed by atoms with Crippen molar-refractivity contribution in [3.8, 4) is 0 Å². The van der Waals surface area contributed by atoms with Crippen molar-refractivity contribution in [3.05, 3.63) is 12.2 Å². The molecule has 0 unspecified atom stereocenters. The molecule has 0 aliphatic heterocycles. The third-order valence-corrected chi connectivity index (χ3v) is 1.94. The van der Waals surface area contributed by atoms with E-state index in [-0.39, 0.29) is 4.66 Å². The molecule has 6 radical (unpaired) electrons. The highest BCUT2D eigenvalue weighted by molar-refractivity contribution is 6.41. The minimum atomic E-state index is 0.125. The first-order valence-electron chi connectivity index (χ1n) is 2.38. The molecular formula is C5H6Si2. The normalized spacial score (nSPS) is 26.0. The minimum Gasteiger partial charge on any atom is -0.0892 e. The van der Waals surface area contributed by atoms with Gasteiger partial charge in [0.05, 0.1) is 0 Å². The highest BCUT2D eigenvalue weighted by atomic mass is 28.2. The Morgan fingerprint density at radius 1 is 1.43 bits per heavy atom. The van der Waals surface area contributed by atoms with Crippen LogP contribution in [0.1, 0.15) is 12.8 Å². The van der Waals surface area contributed by atoms with Crippen LogP contribution in [0, 0.1) is 0 Å². The van der Waals surface area contributed by atoms with Crippen molar-refractivity contribution in [2.75, 3.05) is 0 Å². The quantitative estimate of drug-likeness (QED) is 0.329. The molecule has 2 heteroatoms. The first kappa shape index (κ1) is 5.31. The van der Waals surface area contributed by atoms with Crippen LogP contribution in [0.25, 0.3) is 0 Å². The number of hydrogen-bond acceptors (Lipinski definition) is 0. The van der Waals surface area contributed by atoms with Crippen LogP contribution in [0.3, 0.4) is 0 Å². The molecule has 0 atom stereocenters. The molecule has 0 amide bonds. The summed E-state index contributed by atoms with van der Waals surface area (Å²) in [6.45, 7) is 0. The van der Waals surface area contributed by atoms with Gasteiger partial charge in [-0.05, 0) is 17.5 Å². The monoisotopic (exact) mass is 122 g/mol. The number of hydrogen-bond donors (Lipinski definition) is 0. The van der Waals surface area contributed by atoms with E-state index in [4.69, 9.17) is 0 Å². The molecule has 1 aliphatic carbocycles. The summed E-state index contributed by atoms with van der Waals surface area (Å²) in [4.78, 5) is 0. The Bertz CT molecular complexity index is 94.3. The van der Waals surface area contributed by atoms with E-state index in [0.717, 1.165) is 0 Å². The number of rotatable bonds is 0. The lowest BCUT2D eigenvalue weighted by Gasteiger charge is -2.10. The maximum Gasteiger partial charge on any atom is 0.0317 e. The molecule has 0 nitrogen and oxygen atoms in total. The van der Waals surface area contributed by atoms with Crippen LogP contribution in [0.15, 0.2) is 12.2 Å². The molecule has 0 aromatic carbocycles. The van der Waals surface area contributed by atoms with E-state index < -0.39 is 0 Å². The Hall–Kier alpha value is 0.174. The largest absolute Gasteiger partial charge is 0.0892 e. The van der Waals surface area contributed by atoms with Gasteiger partial charge in [-0.15, -0.1) is 0 Å². The van der Waals surface area contributed by atoms with Crippen molar-refractivity contribution in [1.82, 2.24) is 0 Å². The van der Waals surface area contributed by atoms with E-state index in [9.17, 15) is 0 Å². The lowest BCUT2D eigenvalue weighted by atomic mass is 10.3. The molecule has 1 rings (SSSR count). The van der Waals surface area contributed by atoms with E-state index in [0.29, 0.717) is 0 Å². The van der Waals surface area contributed by atoms with Crippen molar-refractivity contribution in [2.24, 2.45) is 0 Å². The second-order valence-electron chi connectivity index (χ2n) is 1.91. The number of allylic oxidation sites excluding steroid dienone is 2. The van der Waals surface area contributed by atoms with E-state index in [1.165, 1.54) is 12.8 Å². The molecule has 7 heavy (non-hydrogen) atoms. The maximum absolute atomic E-state index is 3.52. The standard InChI is InChI=1S/C5H6Si2/c6-5(7)3-1-2-4-5/h1,3H,2,4H2. The van der Waals surface area contributed by atoms with Crippen molar-refractivity contribution in [1.29, 1.82) is 0 Å². The second kappa shape index (κ2) is 1.60. The summed E-state index contributed by atoms with van der Waals surface area (Å²) in [6, 6.07) is 0. The van der Waals surface area contributed by atoms with Crippen molar-refractivity contribution in [2.45, 2.75) is 17.5 Å². The van der Waals surface area contributed by atoms with Crippen LogP contribution in [-0.4, -0.2) is 20.5 Å². The molecular weight excluding hydrogens is 116 g/mol. The average Bonchev–Trinajstić information content (AvgIpc) is 1.84. The Balaban J connectivity index is 2.57. The first-order chi connectivity index (χ1) is 3.21. The van der Waals surface area contributed by atoms with Crippen molar-refractivity contribution >= 4 is 20.5 Å². The zero-order chi connectivity index (χ0) is 5.33. The molecule has 0 bridgehead atoms. The smallest absolute Gasteiger partial charge is 0.0317 e. The van der Waals surface area contributed by atoms with Gasteiger partial charge in [-0.1, -0.05) is 12.2 Å². The van der Waals surface area contributed by atoms with Crippen molar-refractivity contribution < 1.29 is 0 Å². The molecule has 0 saturated heterocycles. The van der Waals surface area contributed by atoms with Gasteiger partial charge in [0.1, 0.15) is 0 Å². The molecule has 0 spiro atoms. The van der Waals surface area contributed by atoms with Gasteiger partial charge in [0.15, 0.2) is 0 Å². The third kappa shape index (κ3) is 1.28. The molecule has 34 valence electrons. The summed E-state index contributed by atoms with van der Waals surface area (Å²) in [5, 5.41) is 0. The third-order valence-electron chi connectivity index (χ3n) is 1.11. The second-order valence-corrected chi connectivity index (χ2v) is 4.20. The summed E-state index contributed by atoms with van der Waals surface area (Å²) >= 11 is 0. The zero-order valence-electron chi connectivity index (χ0n) is 4.07. The summed E-state index contributed by atoms with van der Waals surface area (Å²) in [7, 11) is 7.03. The molecule has 1 aliphatic rings. The molecule has 0 N–H and O–H groups in total. The minimum absolute atomic E-state index is 0.125. The zero-order valence-corrected chi connectivity index (χ0v) is 6.07. The fourth-order valence-corrected chi connectivity index (χ4v) is 1.20. The highest BCUT2D eigenvalue weighted by Crippen LogP contribution is 2.30.